The van der Waals surface area contributed by atoms with E-state index in [-0.39, 0.29) is 23.3 Å². The molecule has 0 aliphatic rings. The number of benzene rings is 3. The average molecular weight is 419 g/mol. The summed E-state index contributed by atoms with van der Waals surface area (Å²) >= 11 is 0. The zero-order valence-corrected chi connectivity index (χ0v) is 16.8. The van der Waals surface area contributed by atoms with Crippen molar-refractivity contribution in [3.05, 3.63) is 116 Å². The van der Waals surface area contributed by atoms with Gasteiger partial charge in [-0.15, -0.1) is 0 Å². The predicted molar refractivity (Wildman–Crippen MR) is 116 cm³/mol. The summed E-state index contributed by atoms with van der Waals surface area (Å²) in [6.07, 6.45) is 0.639. The number of non-ortho nitro benzene ring substituents is 2. The number of nitrogens with zero attached hydrogens (tertiary/aromatic N) is 2. The second-order valence-electron chi connectivity index (χ2n) is 7.23. The Morgan fingerprint density at radius 3 is 1.68 bits per heavy atom. The van der Waals surface area contributed by atoms with E-state index in [1.165, 1.54) is 48.5 Å². The van der Waals surface area contributed by atoms with Crippen LogP contribution in [0.25, 0.3) is 0 Å². The van der Waals surface area contributed by atoms with Crippen LogP contribution in [-0.4, -0.2) is 21.8 Å². The highest BCUT2D eigenvalue weighted by atomic mass is 16.6. The Labute approximate surface area is 178 Å². The molecule has 0 saturated carbocycles. The Balaban J connectivity index is 1.87. The summed E-state index contributed by atoms with van der Waals surface area (Å²) in [6, 6.07) is 21.1. The molecule has 3 rings (SSSR count). The minimum absolute atomic E-state index is 0.0796. The number of nitro benzene ring substituents is 2. The highest BCUT2D eigenvalue weighted by Gasteiger charge is 2.25. The summed E-state index contributed by atoms with van der Waals surface area (Å²) in [5, 5.41) is 24.9. The van der Waals surface area contributed by atoms with Gasteiger partial charge in [-0.05, 0) is 30.0 Å². The maximum atomic E-state index is 13.2. The lowest BCUT2D eigenvalue weighted by Gasteiger charge is -2.21. The highest BCUT2D eigenvalue weighted by Crippen LogP contribution is 2.28. The molecule has 0 radical (unpaired) electrons. The molecule has 1 atom stereocenters. The summed E-state index contributed by atoms with van der Waals surface area (Å²) in [6.45, 7) is 1.90. The Hall–Kier alpha value is -4.07. The quantitative estimate of drug-likeness (QED) is 0.430. The molecule has 1 N–H and O–H groups in total. The van der Waals surface area contributed by atoms with Gasteiger partial charge in [0.05, 0.1) is 15.8 Å². The van der Waals surface area contributed by atoms with Crippen LogP contribution in [0.2, 0.25) is 0 Å². The second kappa shape index (κ2) is 9.62. The van der Waals surface area contributed by atoms with Crippen molar-refractivity contribution in [3.8, 4) is 0 Å². The molecule has 1 amide bonds. The van der Waals surface area contributed by atoms with Gasteiger partial charge in [-0.3, -0.25) is 25.0 Å². The smallest absolute Gasteiger partial charge is 0.269 e. The zero-order valence-electron chi connectivity index (χ0n) is 16.8. The lowest BCUT2D eigenvalue weighted by Crippen LogP contribution is -2.38. The molecule has 0 aromatic heterocycles. The molecule has 31 heavy (non-hydrogen) atoms. The number of carbonyl (C=O) groups excluding carboxylic acids is 1. The fraction of sp³-hybridized carbons (Fsp3) is 0.174. The lowest BCUT2D eigenvalue weighted by molar-refractivity contribution is -0.385. The topological polar surface area (TPSA) is 115 Å². The van der Waals surface area contributed by atoms with Crippen molar-refractivity contribution in [1.82, 2.24) is 5.32 Å². The minimum Gasteiger partial charge on any atom is -0.352 e. The van der Waals surface area contributed by atoms with E-state index in [4.69, 9.17) is 0 Å². The second-order valence-corrected chi connectivity index (χ2v) is 7.23. The van der Waals surface area contributed by atoms with Crippen LogP contribution < -0.4 is 5.32 Å². The van der Waals surface area contributed by atoms with Crippen LogP contribution >= 0.6 is 0 Å². The third-order valence-corrected chi connectivity index (χ3v) is 4.91. The summed E-state index contributed by atoms with van der Waals surface area (Å²) in [5.74, 6) is -1.05. The molecule has 0 bridgehead atoms. The van der Waals surface area contributed by atoms with Gasteiger partial charge in [0.2, 0.25) is 5.91 Å². The first-order valence-electron chi connectivity index (χ1n) is 9.68. The Bertz CT molecular complexity index is 1010. The van der Waals surface area contributed by atoms with E-state index in [9.17, 15) is 25.0 Å². The summed E-state index contributed by atoms with van der Waals surface area (Å²) < 4.78 is 0. The molecule has 8 nitrogen and oxygen atoms in total. The number of hydrogen-bond acceptors (Lipinski definition) is 5. The molecule has 3 aromatic carbocycles. The van der Waals surface area contributed by atoms with E-state index in [2.05, 4.69) is 5.32 Å². The van der Waals surface area contributed by atoms with Gasteiger partial charge in [0.15, 0.2) is 0 Å². The monoisotopic (exact) mass is 419 g/mol. The van der Waals surface area contributed by atoms with Crippen LogP contribution in [0.3, 0.4) is 0 Å². The molecule has 0 unspecified atom stereocenters. The molecule has 0 aliphatic heterocycles. The Morgan fingerprint density at radius 2 is 1.26 bits per heavy atom. The molecule has 0 heterocycles. The van der Waals surface area contributed by atoms with Gasteiger partial charge in [-0.2, -0.15) is 0 Å². The molecular weight excluding hydrogens is 398 g/mol. The molecule has 0 saturated heterocycles. The summed E-state index contributed by atoms with van der Waals surface area (Å²) in [5.41, 5.74) is 2.04. The first kappa shape index (κ1) is 21.6. The number of nitrogens with one attached hydrogen (secondary N) is 1. The van der Waals surface area contributed by atoms with Crippen molar-refractivity contribution in [2.45, 2.75) is 25.3 Å². The van der Waals surface area contributed by atoms with Crippen LogP contribution in [0.1, 0.15) is 29.5 Å². The largest absolute Gasteiger partial charge is 0.352 e. The van der Waals surface area contributed by atoms with Gasteiger partial charge in [0.25, 0.3) is 11.4 Å². The first-order valence-corrected chi connectivity index (χ1v) is 9.68. The van der Waals surface area contributed by atoms with Gasteiger partial charge in [0.1, 0.15) is 0 Å². The van der Waals surface area contributed by atoms with Crippen molar-refractivity contribution in [2.75, 3.05) is 0 Å². The van der Waals surface area contributed by atoms with E-state index < -0.39 is 15.8 Å². The number of hydrogen-bond donors (Lipinski definition) is 1. The zero-order chi connectivity index (χ0) is 22.4. The fourth-order valence-corrected chi connectivity index (χ4v) is 3.42. The van der Waals surface area contributed by atoms with E-state index in [0.717, 1.165) is 5.56 Å². The normalized spacial score (nSPS) is 11.7. The average Bonchev–Trinajstić information content (AvgIpc) is 2.75. The molecule has 0 aliphatic carbocycles. The lowest BCUT2D eigenvalue weighted by atomic mass is 9.89. The van der Waals surface area contributed by atoms with Crippen molar-refractivity contribution in [3.63, 3.8) is 0 Å². The fourth-order valence-electron chi connectivity index (χ4n) is 3.42. The molecular formula is C23H21N3O5. The number of rotatable bonds is 8. The van der Waals surface area contributed by atoms with E-state index in [0.29, 0.717) is 17.5 Å². The maximum absolute atomic E-state index is 13.2. The SMILES string of the molecule is C[C@@H](Cc1ccccc1)NC(=O)C(c1ccc([N+](=O)[O-])cc1)c1ccc([N+](=O)[O-])cc1. The number of carbonyl (C=O) groups is 1. The van der Waals surface area contributed by atoms with E-state index in [1.54, 1.807) is 0 Å². The van der Waals surface area contributed by atoms with Gasteiger partial charge in [0, 0.05) is 30.3 Å². The van der Waals surface area contributed by atoms with Crippen LogP contribution in [0, 0.1) is 20.2 Å². The van der Waals surface area contributed by atoms with Crippen molar-refractivity contribution in [2.24, 2.45) is 0 Å². The first-order chi connectivity index (χ1) is 14.8. The number of amides is 1. The maximum Gasteiger partial charge on any atom is 0.269 e. The van der Waals surface area contributed by atoms with Crippen LogP contribution in [0.5, 0.6) is 0 Å². The van der Waals surface area contributed by atoms with Crippen LogP contribution in [0.15, 0.2) is 78.9 Å². The van der Waals surface area contributed by atoms with Gasteiger partial charge < -0.3 is 5.32 Å². The van der Waals surface area contributed by atoms with Gasteiger partial charge in [-0.25, -0.2) is 0 Å². The Kier molecular flexibility index (Phi) is 6.71. The standard InChI is InChI=1S/C23H21N3O5/c1-16(15-17-5-3-2-4-6-17)24-23(27)22(18-7-11-20(12-8-18)25(28)29)19-9-13-21(14-10-19)26(30)31/h2-14,16,22H,15H2,1H3,(H,24,27)/t16-/m0/s1. The van der Waals surface area contributed by atoms with E-state index >= 15 is 0 Å². The third kappa shape index (κ3) is 5.51. The van der Waals surface area contributed by atoms with Gasteiger partial charge >= 0.3 is 0 Å². The highest BCUT2D eigenvalue weighted by molar-refractivity contribution is 5.87. The van der Waals surface area contributed by atoms with E-state index in [1.807, 2.05) is 37.3 Å². The molecule has 0 spiro atoms. The molecule has 8 heteroatoms. The molecule has 3 aromatic rings. The molecule has 0 fully saturated rings. The van der Waals surface area contributed by atoms with Crippen molar-refractivity contribution >= 4 is 17.3 Å². The van der Waals surface area contributed by atoms with Crippen LogP contribution in [-0.2, 0) is 11.2 Å². The summed E-state index contributed by atoms with van der Waals surface area (Å²) in [4.78, 5) is 34.1. The predicted octanol–water partition coefficient (Wildman–Crippen LogP) is 4.38. The minimum atomic E-state index is -0.764. The molecule has 158 valence electrons. The number of nitro groups is 2. The van der Waals surface area contributed by atoms with Crippen LogP contribution in [0.4, 0.5) is 11.4 Å². The van der Waals surface area contributed by atoms with Gasteiger partial charge in [-0.1, -0.05) is 54.6 Å². The third-order valence-electron chi connectivity index (χ3n) is 4.91. The Morgan fingerprint density at radius 1 is 0.806 bits per heavy atom. The van der Waals surface area contributed by atoms with Crippen molar-refractivity contribution in [1.29, 1.82) is 0 Å². The summed E-state index contributed by atoms with van der Waals surface area (Å²) in [7, 11) is 0. The van der Waals surface area contributed by atoms with Crippen molar-refractivity contribution < 1.29 is 14.6 Å².